The average molecular weight is 553 g/mol. The van der Waals surface area contributed by atoms with Gasteiger partial charge in [-0.1, -0.05) is 56.3 Å². The highest BCUT2D eigenvalue weighted by Crippen LogP contribution is 2.22. The average Bonchev–Trinajstić information content (AvgIpc) is 3.32. The van der Waals surface area contributed by atoms with E-state index < -0.39 is 29.5 Å². The van der Waals surface area contributed by atoms with Crippen LogP contribution in [0.15, 0.2) is 42.5 Å². The molecule has 0 radical (unpaired) electrons. The Hall–Kier alpha value is -3.30. The Balaban J connectivity index is 1.71. The number of nitrogens with zero attached hydrogens (tertiary/aromatic N) is 1. The third-order valence-corrected chi connectivity index (χ3v) is 7.25. The van der Waals surface area contributed by atoms with Crippen molar-refractivity contribution < 1.29 is 23.9 Å². The number of carbonyl (C=O) groups excluding carboxylic acids is 4. The van der Waals surface area contributed by atoms with Crippen LogP contribution in [0.3, 0.4) is 0 Å². The molecule has 1 heterocycles. The molecule has 0 aliphatic carbocycles. The molecule has 1 fully saturated rings. The van der Waals surface area contributed by atoms with Crippen molar-refractivity contribution in [2.24, 2.45) is 5.92 Å². The Kier molecular flexibility index (Phi) is 11.2. The van der Waals surface area contributed by atoms with E-state index in [2.05, 4.69) is 29.8 Å². The maximum atomic E-state index is 13.5. The second-order valence-electron chi connectivity index (χ2n) is 11.4. The predicted octanol–water partition coefficient (Wildman–Crippen LogP) is 2.60. The number of hydrogen-bond acceptors (Lipinski definition) is 6. The second kappa shape index (κ2) is 14.4. The van der Waals surface area contributed by atoms with Crippen LogP contribution in [0.25, 0.3) is 10.8 Å². The normalized spacial score (nSPS) is 16.4. The summed E-state index contributed by atoms with van der Waals surface area (Å²) in [7, 11) is 1.41. The number of fused-ring (bicyclic) bond motifs is 1. The maximum absolute atomic E-state index is 13.5. The predicted molar refractivity (Wildman–Crippen MR) is 156 cm³/mol. The van der Waals surface area contributed by atoms with Crippen LogP contribution in [-0.4, -0.2) is 79.4 Å². The van der Waals surface area contributed by atoms with Gasteiger partial charge in [0.1, 0.15) is 17.7 Å². The molecule has 3 rings (SSSR count). The number of benzene rings is 2. The van der Waals surface area contributed by atoms with Crippen molar-refractivity contribution in [3.05, 3.63) is 48.0 Å². The van der Waals surface area contributed by atoms with Crippen molar-refractivity contribution in [2.45, 2.75) is 71.1 Å². The number of likely N-dealkylation sites (tertiary alicyclic amines) is 1. The van der Waals surface area contributed by atoms with E-state index in [9.17, 15) is 19.2 Å². The summed E-state index contributed by atoms with van der Waals surface area (Å²) in [6, 6.07) is 12.0. The smallest absolute Gasteiger partial charge is 0.255 e. The summed E-state index contributed by atoms with van der Waals surface area (Å²) >= 11 is 0. The van der Waals surface area contributed by atoms with Gasteiger partial charge in [-0.3, -0.25) is 19.2 Å². The van der Waals surface area contributed by atoms with E-state index in [0.717, 1.165) is 42.3 Å². The van der Waals surface area contributed by atoms with E-state index >= 15 is 0 Å². The van der Waals surface area contributed by atoms with E-state index in [4.69, 9.17) is 4.74 Å². The first-order valence-electron chi connectivity index (χ1n) is 14.2. The van der Waals surface area contributed by atoms with Gasteiger partial charge in [-0.2, -0.15) is 0 Å². The highest BCUT2D eigenvalue weighted by molar-refractivity contribution is 6.01. The van der Waals surface area contributed by atoms with E-state index in [-0.39, 0.29) is 31.1 Å². The summed E-state index contributed by atoms with van der Waals surface area (Å²) in [4.78, 5) is 53.4. The fourth-order valence-electron chi connectivity index (χ4n) is 4.75. The summed E-state index contributed by atoms with van der Waals surface area (Å²) in [5, 5.41) is 11.3. The standard InChI is InChI=1S/C31H44N4O5/c1-21(2)19-32-14-8-9-15-33-28(37)26(17-22-12-13-23-10-6-7-11-24(23)16-22)34-29(38)27-18-25(36)20-35(27)30(39)31(3,4)40-5/h6-7,10-13,16,21,26-27,32H,8-9,14-15,17-20H2,1-5H3,(H,33,37)(H,34,38)/t26-,27?/m1/s1. The van der Waals surface area contributed by atoms with Crippen molar-refractivity contribution in [3.63, 3.8) is 0 Å². The van der Waals surface area contributed by atoms with Gasteiger partial charge in [0.15, 0.2) is 5.78 Å². The lowest BCUT2D eigenvalue weighted by molar-refractivity contribution is -0.154. The molecule has 1 aliphatic heterocycles. The lowest BCUT2D eigenvalue weighted by Gasteiger charge is -2.31. The van der Waals surface area contributed by atoms with Gasteiger partial charge in [-0.25, -0.2) is 0 Å². The van der Waals surface area contributed by atoms with E-state index in [1.54, 1.807) is 13.8 Å². The monoisotopic (exact) mass is 552 g/mol. The lowest BCUT2D eigenvalue weighted by Crippen LogP contribution is -2.56. The van der Waals surface area contributed by atoms with Gasteiger partial charge in [-0.05, 0) is 62.0 Å². The van der Waals surface area contributed by atoms with Crippen molar-refractivity contribution in [1.82, 2.24) is 20.9 Å². The number of carbonyl (C=O) groups is 4. The number of unbranched alkanes of at least 4 members (excludes halogenated alkanes) is 1. The molecule has 0 spiro atoms. The van der Waals surface area contributed by atoms with Gasteiger partial charge in [0.25, 0.3) is 5.91 Å². The molecule has 0 aromatic heterocycles. The molecule has 3 N–H and O–H groups in total. The number of Topliss-reactive ketones (excluding diaryl/α,β-unsaturated/α-hetero) is 1. The van der Waals surface area contributed by atoms with Crippen LogP contribution in [0, 0.1) is 5.92 Å². The Bertz CT molecular complexity index is 1200. The molecular weight excluding hydrogens is 508 g/mol. The SMILES string of the molecule is COC(C)(C)C(=O)N1CC(=O)CC1C(=O)N[C@H](Cc1ccc2ccccc2c1)C(=O)NCCCCNCC(C)C. The lowest BCUT2D eigenvalue weighted by atomic mass is 10.0. The zero-order chi connectivity index (χ0) is 29.3. The van der Waals surface area contributed by atoms with Crippen molar-refractivity contribution >= 4 is 34.3 Å². The van der Waals surface area contributed by atoms with Crippen LogP contribution < -0.4 is 16.0 Å². The molecule has 3 amide bonds. The van der Waals surface area contributed by atoms with Gasteiger partial charge in [0, 0.05) is 26.5 Å². The molecule has 1 saturated heterocycles. The number of methoxy groups -OCH3 is 1. The summed E-state index contributed by atoms with van der Waals surface area (Å²) in [5.74, 6) is -0.883. The number of hydrogen-bond donors (Lipinski definition) is 3. The largest absolute Gasteiger partial charge is 0.369 e. The fraction of sp³-hybridized carbons (Fsp3) is 0.548. The summed E-state index contributed by atoms with van der Waals surface area (Å²) in [6.07, 6.45) is 1.91. The Morgan fingerprint density at radius 3 is 2.45 bits per heavy atom. The Labute approximate surface area is 237 Å². The number of rotatable bonds is 14. The zero-order valence-electron chi connectivity index (χ0n) is 24.4. The van der Waals surface area contributed by atoms with E-state index in [1.165, 1.54) is 12.0 Å². The minimum Gasteiger partial charge on any atom is -0.369 e. The molecule has 2 atom stereocenters. The van der Waals surface area contributed by atoms with E-state index in [1.807, 2.05) is 42.5 Å². The quantitative estimate of drug-likeness (QED) is 0.310. The third-order valence-electron chi connectivity index (χ3n) is 7.25. The maximum Gasteiger partial charge on any atom is 0.255 e. The summed E-state index contributed by atoms with van der Waals surface area (Å²) < 4.78 is 5.30. The van der Waals surface area contributed by atoms with Crippen LogP contribution in [0.1, 0.15) is 52.5 Å². The highest BCUT2D eigenvalue weighted by Gasteiger charge is 2.44. The van der Waals surface area contributed by atoms with Gasteiger partial charge in [0.05, 0.1) is 6.54 Å². The number of ketones is 1. The van der Waals surface area contributed by atoms with Crippen molar-refractivity contribution in [1.29, 1.82) is 0 Å². The molecule has 1 aliphatic rings. The minimum absolute atomic E-state index is 0.0922. The van der Waals surface area contributed by atoms with Gasteiger partial charge >= 0.3 is 0 Å². The molecule has 2 aromatic rings. The van der Waals surface area contributed by atoms with Crippen LogP contribution in [0.4, 0.5) is 0 Å². The van der Waals surface area contributed by atoms with Crippen molar-refractivity contribution in [2.75, 3.05) is 33.3 Å². The fourth-order valence-corrected chi connectivity index (χ4v) is 4.75. The van der Waals surface area contributed by atoms with Gasteiger partial charge < -0.3 is 25.6 Å². The van der Waals surface area contributed by atoms with Crippen LogP contribution in [0.5, 0.6) is 0 Å². The topological polar surface area (TPSA) is 117 Å². The minimum atomic E-state index is -1.19. The van der Waals surface area contributed by atoms with Gasteiger partial charge in [0.2, 0.25) is 11.8 Å². The first-order valence-corrected chi connectivity index (χ1v) is 14.2. The number of ether oxygens (including phenoxy) is 1. The molecule has 9 nitrogen and oxygen atoms in total. The van der Waals surface area contributed by atoms with Crippen LogP contribution >= 0.6 is 0 Å². The second-order valence-corrected chi connectivity index (χ2v) is 11.4. The molecule has 0 saturated carbocycles. The highest BCUT2D eigenvalue weighted by atomic mass is 16.5. The molecule has 40 heavy (non-hydrogen) atoms. The zero-order valence-corrected chi connectivity index (χ0v) is 24.4. The molecule has 0 bridgehead atoms. The number of nitrogens with one attached hydrogen (secondary N) is 3. The van der Waals surface area contributed by atoms with E-state index in [0.29, 0.717) is 12.5 Å². The molecular formula is C31H44N4O5. The molecule has 9 heteroatoms. The first kappa shape index (κ1) is 31.2. The molecule has 2 aromatic carbocycles. The van der Waals surface area contributed by atoms with Crippen LogP contribution in [0.2, 0.25) is 0 Å². The van der Waals surface area contributed by atoms with Crippen LogP contribution in [-0.2, 0) is 30.3 Å². The Morgan fingerprint density at radius 2 is 1.75 bits per heavy atom. The molecule has 1 unspecified atom stereocenters. The third kappa shape index (κ3) is 8.60. The Morgan fingerprint density at radius 1 is 1.05 bits per heavy atom. The first-order chi connectivity index (χ1) is 19.0. The summed E-state index contributed by atoms with van der Waals surface area (Å²) in [5.41, 5.74) is -0.289. The van der Waals surface area contributed by atoms with Crippen molar-refractivity contribution in [3.8, 4) is 0 Å². The number of amides is 3. The molecule has 218 valence electrons. The summed E-state index contributed by atoms with van der Waals surface area (Å²) in [6.45, 7) is 9.68. The van der Waals surface area contributed by atoms with Gasteiger partial charge in [-0.15, -0.1) is 0 Å².